The summed E-state index contributed by atoms with van der Waals surface area (Å²) in [6.45, 7) is 9.99. The monoisotopic (exact) mass is 203 g/mol. The Hall–Kier alpha value is -0.120. The van der Waals surface area contributed by atoms with Crippen molar-refractivity contribution in [3.05, 3.63) is 0 Å². The van der Waals surface area contributed by atoms with Crippen molar-refractivity contribution in [1.29, 1.82) is 0 Å². The molecular formula is C11H25NO2. The van der Waals surface area contributed by atoms with Gasteiger partial charge >= 0.3 is 0 Å². The van der Waals surface area contributed by atoms with Gasteiger partial charge in [-0.2, -0.15) is 0 Å². The van der Waals surface area contributed by atoms with Gasteiger partial charge in [0, 0.05) is 12.1 Å². The maximum atomic E-state index is 9.22. The molecule has 0 rings (SSSR count). The van der Waals surface area contributed by atoms with Crippen LogP contribution in [-0.2, 0) is 4.74 Å². The molecule has 0 aliphatic rings. The SMILES string of the molecule is CCNC(C)(CO)CCOC(C)CC. The van der Waals surface area contributed by atoms with Gasteiger partial charge in [0.05, 0.1) is 12.7 Å². The average molecular weight is 203 g/mol. The van der Waals surface area contributed by atoms with Crippen molar-refractivity contribution in [3.63, 3.8) is 0 Å². The topological polar surface area (TPSA) is 41.5 Å². The molecule has 0 aliphatic carbocycles. The van der Waals surface area contributed by atoms with Crippen LogP contribution >= 0.6 is 0 Å². The predicted octanol–water partition coefficient (Wildman–Crippen LogP) is 1.55. The minimum atomic E-state index is -0.192. The molecule has 2 atom stereocenters. The van der Waals surface area contributed by atoms with Crippen molar-refractivity contribution < 1.29 is 9.84 Å². The molecular weight excluding hydrogens is 178 g/mol. The summed E-state index contributed by atoms with van der Waals surface area (Å²) in [6.07, 6.45) is 2.21. The molecule has 0 saturated carbocycles. The van der Waals surface area contributed by atoms with Gasteiger partial charge in [-0.15, -0.1) is 0 Å². The van der Waals surface area contributed by atoms with Gasteiger partial charge in [0.25, 0.3) is 0 Å². The van der Waals surface area contributed by atoms with Crippen molar-refractivity contribution in [1.82, 2.24) is 5.32 Å². The molecule has 0 radical (unpaired) electrons. The van der Waals surface area contributed by atoms with E-state index >= 15 is 0 Å². The maximum Gasteiger partial charge on any atom is 0.0611 e. The highest BCUT2D eigenvalue weighted by Gasteiger charge is 2.21. The fourth-order valence-corrected chi connectivity index (χ4v) is 1.25. The number of rotatable bonds is 8. The molecule has 0 saturated heterocycles. The molecule has 0 aromatic rings. The normalized spacial score (nSPS) is 17.8. The average Bonchev–Trinajstić information content (AvgIpc) is 2.18. The number of hydrogen-bond acceptors (Lipinski definition) is 3. The third-order valence-corrected chi connectivity index (χ3v) is 2.58. The number of aliphatic hydroxyl groups excluding tert-OH is 1. The van der Waals surface area contributed by atoms with Gasteiger partial charge in [0.1, 0.15) is 0 Å². The second-order valence-electron chi connectivity index (χ2n) is 4.09. The van der Waals surface area contributed by atoms with Crippen molar-refractivity contribution in [3.8, 4) is 0 Å². The minimum absolute atomic E-state index is 0.157. The van der Waals surface area contributed by atoms with E-state index in [2.05, 4.69) is 19.2 Å². The van der Waals surface area contributed by atoms with Crippen molar-refractivity contribution in [2.45, 2.75) is 52.2 Å². The quantitative estimate of drug-likeness (QED) is 0.629. The summed E-state index contributed by atoms with van der Waals surface area (Å²) in [5.41, 5.74) is -0.192. The van der Waals surface area contributed by atoms with Crippen LogP contribution in [0.5, 0.6) is 0 Å². The number of hydrogen-bond donors (Lipinski definition) is 2. The first-order valence-corrected chi connectivity index (χ1v) is 5.55. The lowest BCUT2D eigenvalue weighted by Crippen LogP contribution is -2.46. The number of nitrogens with one attached hydrogen (secondary N) is 1. The Balaban J connectivity index is 3.72. The molecule has 86 valence electrons. The van der Waals surface area contributed by atoms with E-state index in [0.29, 0.717) is 12.7 Å². The van der Waals surface area contributed by atoms with Gasteiger partial charge in [-0.3, -0.25) is 0 Å². The van der Waals surface area contributed by atoms with Gasteiger partial charge < -0.3 is 15.2 Å². The summed E-state index contributed by atoms with van der Waals surface area (Å²) in [5, 5.41) is 12.5. The van der Waals surface area contributed by atoms with E-state index < -0.39 is 0 Å². The highest BCUT2D eigenvalue weighted by atomic mass is 16.5. The first-order valence-electron chi connectivity index (χ1n) is 5.55. The smallest absolute Gasteiger partial charge is 0.0611 e. The standard InChI is InChI=1S/C11H25NO2/c1-5-10(3)14-8-7-11(4,9-13)12-6-2/h10,12-13H,5-9H2,1-4H3. The minimum Gasteiger partial charge on any atom is -0.394 e. The van der Waals surface area contributed by atoms with Crippen LogP contribution in [0.1, 0.15) is 40.5 Å². The fourth-order valence-electron chi connectivity index (χ4n) is 1.25. The summed E-state index contributed by atoms with van der Waals surface area (Å²) in [5.74, 6) is 0. The lowest BCUT2D eigenvalue weighted by molar-refractivity contribution is 0.0393. The van der Waals surface area contributed by atoms with Crippen molar-refractivity contribution >= 4 is 0 Å². The van der Waals surface area contributed by atoms with Crippen LogP contribution in [0.3, 0.4) is 0 Å². The van der Waals surface area contributed by atoms with Gasteiger partial charge in [0.2, 0.25) is 0 Å². The predicted molar refractivity (Wildman–Crippen MR) is 59.5 cm³/mol. The fraction of sp³-hybridized carbons (Fsp3) is 1.00. The maximum absolute atomic E-state index is 9.22. The molecule has 0 aromatic heterocycles. The molecule has 0 bridgehead atoms. The van der Waals surface area contributed by atoms with Crippen LogP contribution in [0.4, 0.5) is 0 Å². The Morgan fingerprint density at radius 1 is 1.43 bits per heavy atom. The first-order chi connectivity index (χ1) is 6.58. The van der Waals surface area contributed by atoms with Crippen LogP contribution in [0, 0.1) is 0 Å². The van der Waals surface area contributed by atoms with Gasteiger partial charge in [-0.1, -0.05) is 13.8 Å². The van der Waals surface area contributed by atoms with E-state index in [1.807, 2.05) is 13.8 Å². The van der Waals surface area contributed by atoms with E-state index in [4.69, 9.17) is 4.74 Å². The Bertz CT molecular complexity index is 141. The van der Waals surface area contributed by atoms with Crippen LogP contribution in [0.2, 0.25) is 0 Å². The molecule has 0 fully saturated rings. The summed E-state index contributed by atoms with van der Waals surface area (Å²) >= 11 is 0. The van der Waals surface area contributed by atoms with E-state index in [0.717, 1.165) is 19.4 Å². The molecule has 3 nitrogen and oxygen atoms in total. The molecule has 0 spiro atoms. The van der Waals surface area contributed by atoms with Gasteiger partial charge in [-0.05, 0) is 33.2 Å². The number of aliphatic hydroxyl groups is 1. The second kappa shape index (κ2) is 7.21. The summed E-state index contributed by atoms with van der Waals surface area (Å²) in [4.78, 5) is 0. The zero-order valence-corrected chi connectivity index (χ0v) is 9.97. The lowest BCUT2D eigenvalue weighted by atomic mass is 10.00. The van der Waals surface area contributed by atoms with E-state index in [1.54, 1.807) is 0 Å². The van der Waals surface area contributed by atoms with Crippen LogP contribution < -0.4 is 5.32 Å². The van der Waals surface area contributed by atoms with Crippen LogP contribution in [0.15, 0.2) is 0 Å². The highest BCUT2D eigenvalue weighted by molar-refractivity contribution is 4.81. The highest BCUT2D eigenvalue weighted by Crippen LogP contribution is 2.09. The van der Waals surface area contributed by atoms with Crippen molar-refractivity contribution in [2.24, 2.45) is 0 Å². The zero-order valence-electron chi connectivity index (χ0n) is 9.97. The van der Waals surface area contributed by atoms with E-state index in [1.165, 1.54) is 0 Å². The van der Waals surface area contributed by atoms with Crippen molar-refractivity contribution in [2.75, 3.05) is 19.8 Å². The Morgan fingerprint density at radius 3 is 2.50 bits per heavy atom. The third-order valence-electron chi connectivity index (χ3n) is 2.58. The molecule has 0 aliphatic heterocycles. The number of likely N-dealkylation sites (N-methyl/N-ethyl adjacent to an activating group) is 1. The Kier molecular flexibility index (Phi) is 7.15. The Morgan fingerprint density at radius 2 is 2.07 bits per heavy atom. The first kappa shape index (κ1) is 13.9. The second-order valence-corrected chi connectivity index (χ2v) is 4.09. The lowest BCUT2D eigenvalue weighted by Gasteiger charge is -2.28. The van der Waals surface area contributed by atoms with Gasteiger partial charge in [-0.25, -0.2) is 0 Å². The largest absolute Gasteiger partial charge is 0.394 e. The molecule has 3 heteroatoms. The Labute approximate surface area is 87.8 Å². The summed E-state index contributed by atoms with van der Waals surface area (Å²) in [6, 6.07) is 0. The van der Waals surface area contributed by atoms with E-state index in [-0.39, 0.29) is 12.1 Å². The van der Waals surface area contributed by atoms with Crippen LogP contribution in [0.25, 0.3) is 0 Å². The molecule has 0 amide bonds. The molecule has 14 heavy (non-hydrogen) atoms. The third kappa shape index (κ3) is 5.58. The van der Waals surface area contributed by atoms with E-state index in [9.17, 15) is 5.11 Å². The van der Waals surface area contributed by atoms with Gasteiger partial charge in [0.15, 0.2) is 0 Å². The summed E-state index contributed by atoms with van der Waals surface area (Å²) in [7, 11) is 0. The molecule has 0 aromatic carbocycles. The molecule has 0 heterocycles. The van der Waals surface area contributed by atoms with Crippen LogP contribution in [-0.4, -0.2) is 36.5 Å². The summed E-state index contributed by atoms with van der Waals surface area (Å²) < 4.78 is 5.58. The number of ether oxygens (including phenoxy) is 1. The molecule has 2 N–H and O–H groups in total. The zero-order chi connectivity index (χ0) is 11.0. The molecule has 2 unspecified atom stereocenters.